The molecular formula is C27H30F3N7O3. The van der Waals surface area contributed by atoms with Gasteiger partial charge in [-0.2, -0.15) is 5.10 Å². The van der Waals surface area contributed by atoms with Crippen LogP contribution in [-0.2, 0) is 4.79 Å². The molecule has 5 fully saturated rings. The summed E-state index contributed by atoms with van der Waals surface area (Å²) in [6, 6.07) is 0.965. The van der Waals surface area contributed by atoms with E-state index in [2.05, 4.69) is 30.7 Å². The van der Waals surface area contributed by atoms with Crippen LogP contribution < -0.4 is 10.6 Å². The van der Waals surface area contributed by atoms with E-state index in [9.17, 15) is 22.8 Å². The van der Waals surface area contributed by atoms with Crippen LogP contribution in [0.2, 0.25) is 0 Å². The second-order valence-electron chi connectivity index (χ2n) is 12.4. The molecule has 3 aromatic rings. The SMILES string of the molecule is Cc1nonc1C(=O)N[C@H](c1cn2ncc(C(NC(=O)C34CC(F)(C3)C4)C3CC3)cc2n1)C1CCC(F)(F)CC1. The van der Waals surface area contributed by atoms with E-state index < -0.39 is 29.0 Å². The third-order valence-corrected chi connectivity index (χ3v) is 9.25. The molecule has 0 aliphatic heterocycles. The molecule has 5 aliphatic carbocycles. The summed E-state index contributed by atoms with van der Waals surface area (Å²) < 4.78 is 48.2. The summed E-state index contributed by atoms with van der Waals surface area (Å²) in [5, 5.41) is 17.9. The Bertz CT molecular complexity index is 1470. The van der Waals surface area contributed by atoms with Crippen molar-refractivity contribution in [2.45, 2.75) is 88.4 Å². The maximum absolute atomic E-state index is 14.0. The molecule has 5 saturated carbocycles. The third kappa shape index (κ3) is 4.33. The van der Waals surface area contributed by atoms with E-state index in [1.54, 1.807) is 23.8 Å². The average Bonchev–Trinajstić information content (AvgIpc) is 3.48. The van der Waals surface area contributed by atoms with Gasteiger partial charge in [-0.1, -0.05) is 5.16 Å². The highest BCUT2D eigenvalue weighted by atomic mass is 19.3. The molecule has 2 bridgehead atoms. The van der Waals surface area contributed by atoms with E-state index in [1.807, 2.05) is 6.07 Å². The number of alkyl halides is 3. The molecule has 3 heterocycles. The quantitative estimate of drug-likeness (QED) is 0.425. The standard InChI is InChI=1S/C27H30F3N7O3/c1-14-20(36-40-35-14)23(38)33-22(16-4-6-27(29,30)7-5-16)18-10-37-19(32-18)8-17(9-31-37)21(15-2-3-15)34-24(39)25-11-26(28,12-25)13-25/h8-10,15-16,21-22H,2-7,11-13H2,1H3,(H,33,38)(H,34,39)/t21?,22-,25?,26?/m0/s1. The highest BCUT2D eigenvalue weighted by Gasteiger charge is 2.73. The minimum absolute atomic E-state index is 0.0285. The van der Waals surface area contributed by atoms with Crippen LogP contribution in [0.15, 0.2) is 23.1 Å². The Morgan fingerprint density at radius 2 is 1.73 bits per heavy atom. The minimum atomic E-state index is -2.72. The largest absolute Gasteiger partial charge is 0.348 e. The first-order valence-corrected chi connectivity index (χ1v) is 13.9. The monoisotopic (exact) mass is 557 g/mol. The summed E-state index contributed by atoms with van der Waals surface area (Å²) in [7, 11) is 0. The summed E-state index contributed by atoms with van der Waals surface area (Å²) in [4.78, 5) is 30.8. The Morgan fingerprint density at radius 1 is 1.02 bits per heavy atom. The summed E-state index contributed by atoms with van der Waals surface area (Å²) in [6.45, 7) is 1.59. The molecule has 0 aromatic carbocycles. The number of halogens is 3. The Labute approximate surface area is 227 Å². The number of hydrogen-bond acceptors (Lipinski definition) is 7. The van der Waals surface area contributed by atoms with Gasteiger partial charge in [0.1, 0.15) is 11.4 Å². The minimum Gasteiger partial charge on any atom is -0.348 e. The molecule has 212 valence electrons. The van der Waals surface area contributed by atoms with Gasteiger partial charge in [0, 0.05) is 12.8 Å². The predicted molar refractivity (Wildman–Crippen MR) is 133 cm³/mol. The topological polar surface area (TPSA) is 127 Å². The van der Waals surface area contributed by atoms with Crippen LogP contribution in [0.5, 0.6) is 0 Å². The number of aromatic nitrogens is 5. The van der Waals surface area contributed by atoms with Gasteiger partial charge in [-0.15, -0.1) is 0 Å². The van der Waals surface area contributed by atoms with E-state index in [1.165, 1.54) is 0 Å². The lowest BCUT2D eigenvalue weighted by Crippen LogP contribution is -2.70. The van der Waals surface area contributed by atoms with Gasteiger partial charge in [0.2, 0.25) is 11.8 Å². The molecule has 2 N–H and O–H groups in total. The molecule has 1 unspecified atom stereocenters. The third-order valence-electron chi connectivity index (χ3n) is 9.25. The van der Waals surface area contributed by atoms with Gasteiger partial charge in [-0.25, -0.2) is 27.3 Å². The van der Waals surface area contributed by atoms with E-state index >= 15 is 0 Å². The molecule has 0 radical (unpaired) electrons. The van der Waals surface area contributed by atoms with Crippen molar-refractivity contribution in [3.05, 3.63) is 41.1 Å². The Hall–Kier alpha value is -3.51. The number of aryl methyl sites for hydroxylation is 1. The van der Waals surface area contributed by atoms with E-state index in [4.69, 9.17) is 4.98 Å². The van der Waals surface area contributed by atoms with Crippen molar-refractivity contribution < 1.29 is 27.4 Å². The smallest absolute Gasteiger partial charge is 0.276 e. The van der Waals surface area contributed by atoms with E-state index in [0.29, 0.717) is 36.3 Å². The zero-order chi connectivity index (χ0) is 27.9. The summed E-state index contributed by atoms with van der Waals surface area (Å²) in [6.07, 6.45) is 6.15. The molecule has 5 aliphatic rings. The molecule has 2 atom stereocenters. The van der Waals surface area contributed by atoms with Crippen molar-refractivity contribution in [1.82, 2.24) is 35.5 Å². The van der Waals surface area contributed by atoms with Crippen LogP contribution in [0.4, 0.5) is 13.2 Å². The fourth-order valence-corrected chi connectivity index (χ4v) is 6.81. The number of carbonyl (C=O) groups is 2. The van der Waals surface area contributed by atoms with Crippen LogP contribution in [0.3, 0.4) is 0 Å². The summed E-state index contributed by atoms with van der Waals surface area (Å²) in [5.41, 5.74) is 0.449. The lowest BCUT2D eigenvalue weighted by atomic mass is 9.42. The molecule has 2 amide bonds. The van der Waals surface area contributed by atoms with Crippen molar-refractivity contribution in [3.63, 3.8) is 0 Å². The maximum Gasteiger partial charge on any atom is 0.276 e. The van der Waals surface area contributed by atoms with Crippen molar-refractivity contribution in [3.8, 4) is 0 Å². The predicted octanol–water partition coefficient (Wildman–Crippen LogP) is 4.18. The van der Waals surface area contributed by atoms with Gasteiger partial charge >= 0.3 is 0 Å². The average molecular weight is 558 g/mol. The highest BCUT2D eigenvalue weighted by Crippen LogP contribution is 2.69. The fraction of sp³-hybridized carbons (Fsp3) is 0.630. The van der Waals surface area contributed by atoms with Crippen LogP contribution in [0.1, 0.15) is 97.3 Å². The molecule has 13 heteroatoms. The molecule has 0 spiro atoms. The second kappa shape index (κ2) is 8.74. The molecule has 40 heavy (non-hydrogen) atoms. The fourth-order valence-electron chi connectivity index (χ4n) is 6.81. The lowest BCUT2D eigenvalue weighted by Gasteiger charge is -2.64. The van der Waals surface area contributed by atoms with Crippen LogP contribution in [0, 0.1) is 24.2 Å². The normalized spacial score (nSPS) is 28.8. The first-order valence-electron chi connectivity index (χ1n) is 13.9. The van der Waals surface area contributed by atoms with Gasteiger partial charge in [0.05, 0.1) is 35.6 Å². The maximum atomic E-state index is 14.0. The number of rotatable bonds is 8. The summed E-state index contributed by atoms with van der Waals surface area (Å²) >= 11 is 0. The Morgan fingerprint density at radius 3 is 2.35 bits per heavy atom. The summed E-state index contributed by atoms with van der Waals surface area (Å²) in [5.74, 6) is -3.32. The Kier molecular flexibility index (Phi) is 5.56. The van der Waals surface area contributed by atoms with Crippen LogP contribution in [0.25, 0.3) is 5.65 Å². The first-order chi connectivity index (χ1) is 19.0. The van der Waals surface area contributed by atoms with Gasteiger partial charge in [0.15, 0.2) is 11.3 Å². The van der Waals surface area contributed by atoms with E-state index in [0.717, 1.165) is 18.4 Å². The molecule has 8 rings (SSSR count). The van der Waals surface area contributed by atoms with Gasteiger partial charge in [-0.05, 0) is 80.5 Å². The van der Waals surface area contributed by atoms with Gasteiger partial charge in [0.25, 0.3) is 5.91 Å². The number of hydrogen-bond donors (Lipinski definition) is 2. The lowest BCUT2D eigenvalue weighted by molar-refractivity contribution is -0.214. The molecule has 3 aromatic heterocycles. The van der Waals surface area contributed by atoms with Crippen molar-refractivity contribution in [1.29, 1.82) is 0 Å². The molecule has 0 saturated heterocycles. The van der Waals surface area contributed by atoms with Crippen molar-refractivity contribution in [2.75, 3.05) is 0 Å². The van der Waals surface area contributed by atoms with Crippen LogP contribution >= 0.6 is 0 Å². The van der Waals surface area contributed by atoms with Crippen molar-refractivity contribution >= 4 is 17.5 Å². The van der Waals surface area contributed by atoms with E-state index in [-0.39, 0.29) is 55.2 Å². The Balaban J connectivity index is 1.15. The van der Waals surface area contributed by atoms with Crippen molar-refractivity contribution in [2.24, 2.45) is 17.3 Å². The zero-order valence-corrected chi connectivity index (χ0v) is 22.0. The number of nitrogens with one attached hydrogen (secondary N) is 2. The first kappa shape index (κ1) is 25.5. The second-order valence-corrected chi connectivity index (χ2v) is 12.4. The zero-order valence-electron chi connectivity index (χ0n) is 22.0. The number of carbonyl (C=O) groups excluding carboxylic acids is 2. The van der Waals surface area contributed by atoms with Gasteiger partial charge in [-0.3, -0.25) is 9.59 Å². The number of nitrogens with zero attached hydrogens (tertiary/aromatic N) is 5. The number of amides is 2. The molecule has 10 nitrogen and oxygen atoms in total. The van der Waals surface area contributed by atoms with Crippen LogP contribution in [-0.4, -0.2) is 48.3 Å². The van der Waals surface area contributed by atoms with Gasteiger partial charge < -0.3 is 10.6 Å². The number of imidazole rings is 1. The highest BCUT2D eigenvalue weighted by molar-refractivity contribution is 5.93. The number of fused-ring (bicyclic) bond motifs is 1. The molecular weight excluding hydrogens is 527 g/mol.